The number of sulfone groups is 1. The third-order valence-electron chi connectivity index (χ3n) is 4.78. The van der Waals surface area contributed by atoms with Crippen LogP contribution in [0.25, 0.3) is 10.2 Å². The number of hydrogen-bond acceptors (Lipinski definition) is 6. The van der Waals surface area contributed by atoms with Gasteiger partial charge in [-0.25, -0.2) is 13.4 Å². The molecule has 8 heteroatoms. The zero-order valence-electron chi connectivity index (χ0n) is 14.9. The fraction of sp³-hybridized carbons (Fsp3) is 0.263. The van der Waals surface area contributed by atoms with Crippen molar-refractivity contribution in [3.05, 3.63) is 48.0 Å². The molecule has 2 aromatic carbocycles. The van der Waals surface area contributed by atoms with Gasteiger partial charge in [0.1, 0.15) is 5.75 Å². The lowest BCUT2D eigenvalue weighted by Gasteiger charge is -2.15. The minimum absolute atomic E-state index is 0.176. The second-order valence-electron chi connectivity index (χ2n) is 6.62. The number of nitrogens with zero attached hydrogens (tertiary/aromatic N) is 1. The Labute approximate surface area is 161 Å². The number of hydrogen-bond donors (Lipinski definition) is 1. The van der Waals surface area contributed by atoms with Gasteiger partial charge in [-0.15, -0.1) is 0 Å². The molecule has 1 aliphatic rings. The summed E-state index contributed by atoms with van der Waals surface area (Å²) in [4.78, 5) is 17.4. The summed E-state index contributed by atoms with van der Waals surface area (Å²) >= 11 is 1.29. The van der Waals surface area contributed by atoms with Gasteiger partial charge in [-0.2, -0.15) is 0 Å². The summed E-state index contributed by atoms with van der Waals surface area (Å²) in [5.41, 5.74) is 1.69. The Morgan fingerprint density at radius 2 is 1.89 bits per heavy atom. The zero-order valence-corrected chi connectivity index (χ0v) is 16.5. The van der Waals surface area contributed by atoms with Crippen LogP contribution < -0.4 is 10.1 Å². The first-order valence-electron chi connectivity index (χ1n) is 8.43. The number of methoxy groups -OCH3 is 1. The summed E-state index contributed by atoms with van der Waals surface area (Å²) in [5, 5.41) is 3.09. The van der Waals surface area contributed by atoms with E-state index in [-0.39, 0.29) is 4.90 Å². The van der Waals surface area contributed by atoms with Crippen LogP contribution in [0.3, 0.4) is 0 Å². The van der Waals surface area contributed by atoms with E-state index in [0.29, 0.717) is 23.7 Å². The SMILES string of the molecule is COc1ccc2nc(NC(=O)C3(S(=O)(=O)c4ccc(C)cc4)CC3)sc2c1. The highest BCUT2D eigenvalue weighted by molar-refractivity contribution is 7.94. The topological polar surface area (TPSA) is 85.4 Å². The molecule has 1 saturated carbocycles. The van der Waals surface area contributed by atoms with E-state index in [9.17, 15) is 13.2 Å². The van der Waals surface area contributed by atoms with Crippen molar-refractivity contribution in [1.82, 2.24) is 4.98 Å². The number of rotatable bonds is 5. The molecule has 0 saturated heterocycles. The number of amides is 1. The molecule has 0 unspecified atom stereocenters. The van der Waals surface area contributed by atoms with Crippen LogP contribution >= 0.6 is 11.3 Å². The van der Waals surface area contributed by atoms with Crippen molar-refractivity contribution >= 4 is 42.4 Å². The minimum Gasteiger partial charge on any atom is -0.497 e. The highest BCUT2D eigenvalue weighted by Gasteiger charge is 2.61. The molecule has 0 aliphatic heterocycles. The predicted octanol–water partition coefficient (Wildman–Crippen LogP) is 3.56. The summed E-state index contributed by atoms with van der Waals surface area (Å²) in [6.45, 7) is 1.89. The molecule has 0 spiro atoms. The molecule has 4 rings (SSSR count). The molecule has 1 aromatic heterocycles. The maximum atomic E-state index is 13.0. The maximum Gasteiger partial charge on any atom is 0.248 e. The molecule has 1 heterocycles. The molecule has 1 amide bonds. The van der Waals surface area contributed by atoms with E-state index in [4.69, 9.17) is 4.74 Å². The molecule has 3 aromatic rings. The lowest BCUT2D eigenvalue weighted by atomic mass is 10.2. The number of benzene rings is 2. The summed E-state index contributed by atoms with van der Waals surface area (Å²) in [6, 6.07) is 12.0. The third kappa shape index (κ3) is 2.98. The Kier molecular flexibility index (Phi) is 4.20. The van der Waals surface area contributed by atoms with Crippen molar-refractivity contribution in [1.29, 1.82) is 0 Å². The number of fused-ring (bicyclic) bond motifs is 1. The number of aryl methyl sites for hydroxylation is 1. The predicted molar refractivity (Wildman–Crippen MR) is 105 cm³/mol. The average Bonchev–Trinajstić information content (AvgIpc) is 3.38. The van der Waals surface area contributed by atoms with E-state index in [1.807, 2.05) is 13.0 Å². The molecule has 140 valence electrons. The lowest BCUT2D eigenvalue weighted by Crippen LogP contribution is -2.37. The van der Waals surface area contributed by atoms with Gasteiger partial charge in [-0.05, 0) is 50.1 Å². The van der Waals surface area contributed by atoms with Gasteiger partial charge in [-0.3, -0.25) is 4.79 Å². The fourth-order valence-corrected chi connectivity index (χ4v) is 5.74. The van der Waals surface area contributed by atoms with Crippen molar-refractivity contribution in [2.45, 2.75) is 29.4 Å². The van der Waals surface area contributed by atoms with Crippen LogP contribution in [0.2, 0.25) is 0 Å². The van der Waals surface area contributed by atoms with Crippen LogP contribution in [0.15, 0.2) is 47.4 Å². The standard InChI is InChI=1S/C19H18N2O4S2/c1-12-3-6-14(7-4-12)27(23,24)19(9-10-19)17(22)21-18-20-15-8-5-13(25-2)11-16(15)26-18/h3-8,11H,9-10H2,1-2H3,(H,20,21,22). The summed E-state index contributed by atoms with van der Waals surface area (Å²) in [6.07, 6.45) is 0.627. The second-order valence-corrected chi connectivity index (χ2v) is 9.91. The Hall–Kier alpha value is -2.45. The number of anilines is 1. The van der Waals surface area contributed by atoms with Crippen molar-refractivity contribution < 1.29 is 17.9 Å². The van der Waals surface area contributed by atoms with Crippen molar-refractivity contribution in [2.75, 3.05) is 12.4 Å². The fourth-order valence-electron chi connectivity index (χ4n) is 2.97. The first kappa shape index (κ1) is 17.9. The van der Waals surface area contributed by atoms with Gasteiger partial charge in [0.15, 0.2) is 19.7 Å². The van der Waals surface area contributed by atoms with Crippen LogP contribution in [0, 0.1) is 6.92 Å². The summed E-state index contributed by atoms with van der Waals surface area (Å²) in [5.74, 6) is 0.179. The van der Waals surface area contributed by atoms with Crippen molar-refractivity contribution in [2.24, 2.45) is 0 Å². The van der Waals surface area contributed by atoms with Gasteiger partial charge in [0.05, 0.1) is 22.2 Å². The zero-order chi connectivity index (χ0) is 19.2. The molecule has 0 bridgehead atoms. The van der Waals surface area contributed by atoms with Gasteiger partial charge in [0.25, 0.3) is 0 Å². The smallest absolute Gasteiger partial charge is 0.248 e. The lowest BCUT2D eigenvalue weighted by molar-refractivity contribution is -0.116. The number of carbonyl (C=O) groups excluding carboxylic acids is 1. The van der Waals surface area contributed by atoms with E-state index in [0.717, 1.165) is 15.8 Å². The summed E-state index contributed by atoms with van der Waals surface area (Å²) in [7, 11) is -2.18. The van der Waals surface area contributed by atoms with Crippen molar-refractivity contribution in [3.63, 3.8) is 0 Å². The van der Waals surface area contributed by atoms with Gasteiger partial charge in [0.2, 0.25) is 5.91 Å². The van der Waals surface area contributed by atoms with Crippen LogP contribution in [0.5, 0.6) is 5.75 Å². The van der Waals surface area contributed by atoms with E-state index < -0.39 is 20.5 Å². The van der Waals surface area contributed by atoms with E-state index in [2.05, 4.69) is 10.3 Å². The Bertz CT molecular complexity index is 1130. The van der Waals surface area contributed by atoms with E-state index >= 15 is 0 Å². The number of thiazole rings is 1. The van der Waals surface area contributed by atoms with Crippen LogP contribution in [-0.4, -0.2) is 31.2 Å². The van der Waals surface area contributed by atoms with Gasteiger partial charge in [0, 0.05) is 0 Å². The number of carbonyl (C=O) groups is 1. The van der Waals surface area contributed by atoms with Crippen molar-refractivity contribution in [3.8, 4) is 5.75 Å². The quantitative estimate of drug-likeness (QED) is 0.705. The highest BCUT2D eigenvalue weighted by atomic mass is 32.2. The van der Waals surface area contributed by atoms with Crippen LogP contribution in [0.1, 0.15) is 18.4 Å². The van der Waals surface area contributed by atoms with E-state index in [1.165, 1.54) is 11.3 Å². The van der Waals surface area contributed by atoms with Gasteiger partial charge in [-0.1, -0.05) is 29.0 Å². The number of nitrogens with one attached hydrogen (secondary N) is 1. The van der Waals surface area contributed by atoms with Gasteiger partial charge < -0.3 is 10.1 Å². The van der Waals surface area contributed by atoms with Crippen LogP contribution in [-0.2, 0) is 14.6 Å². The first-order chi connectivity index (χ1) is 12.9. The highest BCUT2D eigenvalue weighted by Crippen LogP contribution is 2.48. The largest absolute Gasteiger partial charge is 0.497 e. The molecule has 27 heavy (non-hydrogen) atoms. The van der Waals surface area contributed by atoms with E-state index in [1.54, 1.807) is 43.5 Å². The molecule has 1 N–H and O–H groups in total. The maximum absolute atomic E-state index is 13.0. The first-order valence-corrected chi connectivity index (χ1v) is 10.7. The summed E-state index contributed by atoms with van der Waals surface area (Å²) < 4.78 is 30.7. The molecule has 0 radical (unpaired) electrons. The Balaban J connectivity index is 1.61. The molecular weight excluding hydrogens is 384 g/mol. The number of aromatic nitrogens is 1. The molecular formula is C19H18N2O4S2. The van der Waals surface area contributed by atoms with Gasteiger partial charge >= 0.3 is 0 Å². The average molecular weight is 402 g/mol. The molecule has 6 nitrogen and oxygen atoms in total. The molecule has 0 atom stereocenters. The van der Waals surface area contributed by atoms with Crippen LogP contribution in [0.4, 0.5) is 5.13 Å². The Morgan fingerprint density at radius 3 is 2.52 bits per heavy atom. The molecule has 1 aliphatic carbocycles. The minimum atomic E-state index is -3.76. The molecule has 1 fully saturated rings. The monoisotopic (exact) mass is 402 g/mol. The second kappa shape index (κ2) is 6.31. The Morgan fingerprint density at radius 1 is 1.19 bits per heavy atom. The third-order valence-corrected chi connectivity index (χ3v) is 8.23. The number of ether oxygens (including phenoxy) is 1. The normalized spacial score (nSPS) is 15.5.